The number of anilines is 1. The van der Waals surface area contributed by atoms with E-state index in [1.165, 1.54) is 0 Å². The molecule has 72 valence electrons. The molecule has 0 saturated carbocycles. The minimum Gasteiger partial charge on any atom is -0.357 e. The summed E-state index contributed by atoms with van der Waals surface area (Å²) in [5, 5.41) is 2.67. The number of H-pyrrole nitrogens is 1. The van der Waals surface area contributed by atoms with Crippen molar-refractivity contribution in [2.24, 2.45) is 7.05 Å². The predicted molar refractivity (Wildman–Crippen MR) is 52.0 cm³/mol. The second-order valence-corrected chi connectivity index (χ2v) is 2.90. The number of aromatic nitrogens is 3. The Labute approximate surface area is 80.8 Å². The summed E-state index contributed by atoms with van der Waals surface area (Å²) < 4.78 is 1.74. The van der Waals surface area contributed by atoms with Gasteiger partial charge in [-0.05, 0) is 12.1 Å². The van der Waals surface area contributed by atoms with E-state index in [0.717, 1.165) is 0 Å². The molecule has 2 aromatic rings. The van der Waals surface area contributed by atoms with E-state index in [1.54, 1.807) is 35.3 Å². The predicted octanol–water partition coefficient (Wildman–Crippen LogP) is 1.00. The molecule has 1 amide bonds. The maximum Gasteiger partial charge on any atom is 0.274 e. The number of carbonyl (C=O) groups is 1. The van der Waals surface area contributed by atoms with Gasteiger partial charge >= 0.3 is 0 Å². The van der Waals surface area contributed by atoms with Crippen LogP contribution in [0.4, 0.5) is 5.95 Å². The summed E-state index contributed by atoms with van der Waals surface area (Å²) in [7, 11) is 1.82. The summed E-state index contributed by atoms with van der Waals surface area (Å²) in [5.41, 5.74) is 0.521. The van der Waals surface area contributed by atoms with Crippen LogP contribution < -0.4 is 5.32 Å². The van der Waals surface area contributed by atoms with Crippen LogP contribution in [0.3, 0.4) is 0 Å². The third kappa shape index (κ3) is 1.52. The minimum absolute atomic E-state index is 0.190. The SMILES string of the molecule is Cn1ccnc1NC(=O)c1ccc[nH]1. The third-order valence-electron chi connectivity index (χ3n) is 1.89. The van der Waals surface area contributed by atoms with Crippen LogP contribution >= 0.6 is 0 Å². The minimum atomic E-state index is -0.190. The molecular weight excluding hydrogens is 180 g/mol. The Kier molecular flexibility index (Phi) is 2.06. The fourth-order valence-corrected chi connectivity index (χ4v) is 1.13. The van der Waals surface area contributed by atoms with Gasteiger partial charge in [-0.15, -0.1) is 0 Å². The summed E-state index contributed by atoms with van der Waals surface area (Å²) in [4.78, 5) is 18.3. The van der Waals surface area contributed by atoms with Crippen LogP contribution in [0.15, 0.2) is 30.7 Å². The van der Waals surface area contributed by atoms with Gasteiger partial charge in [-0.3, -0.25) is 10.1 Å². The number of carbonyl (C=O) groups excluding carboxylic acids is 1. The van der Waals surface area contributed by atoms with Crippen molar-refractivity contribution >= 4 is 11.9 Å². The average molecular weight is 190 g/mol. The van der Waals surface area contributed by atoms with Gasteiger partial charge in [0.25, 0.3) is 5.91 Å². The monoisotopic (exact) mass is 190 g/mol. The summed E-state index contributed by atoms with van der Waals surface area (Å²) >= 11 is 0. The van der Waals surface area contributed by atoms with Gasteiger partial charge < -0.3 is 9.55 Å². The second kappa shape index (κ2) is 3.37. The van der Waals surface area contributed by atoms with Crippen LogP contribution in [0.1, 0.15) is 10.5 Å². The van der Waals surface area contributed by atoms with Crippen LogP contribution in [0, 0.1) is 0 Å². The highest BCUT2D eigenvalue weighted by Crippen LogP contribution is 2.03. The van der Waals surface area contributed by atoms with Gasteiger partial charge in [0.05, 0.1) is 0 Å². The number of aromatic amines is 1. The van der Waals surface area contributed by atoms with E-state index in [0.29, 0.717) is 11.6 Å². The van der Waals surface area contributed by atoms with Crippen molar-refractivity contribution < 1.29 is 4.79 Å². The van der Waals surface area contributed by atoms with Gasteiger partial charge in [0.15, 0.2) is 0 Å². The molecule has 2 rings (SSSR count). The topological polar surface area (TPSA) is 62.7 Å². The van der Waals surface area contributed by atoms with Gasteiger partial charge in [0.1, 0.15) is 5.69 Å². The quantitative estimate of drug-likeness (QED) is 0.742. The molecular formula is C9H10N4O. The molecule has 2 heterocycles. The number of nitrogens with zero attached hydrogens (tertiary/aromatic N) is 2. The van der Waals surface area contributed by atoms with E-state index in [4.69, 9.17) is 0 Å². The number of aryl methyl sites for hydroxylation is 1. The summed E-state index contributed by atoms with van der Waals surface area (Å²) in [5.74, 6) is 0.342. The van der Waals surface area contributed by atoms with Crippen molar-refractivity contribution in [2.45, 2.75) is 0 Å². The molecule has 0 aromatic carbocycles. The first-order chi connectivity index (χ1) is 6.77. The first-order valence-electron chi connectivity index (χ1n) is 4.19. The van der Waals surface area contributed by atoms with E-state index < -0.39 is 0 Å². The zero-order chi connectivity index (χ0) is 9.97. The van der Waals surface area contributed by atoms with E-state index in [-0.39, 0.29) is 5.91 Å². The van der Waals surface area contributed by atoms with E-state index in [9.17, 15) is 4.79 Å². The summed E-state index contributed by atoms with van der Waals surface area (Å²) in [6.07, 6.45) is 5.10. The molecule has 0 aliphatic heterocycles. The molecule has 14 heavy (non-hydrogen) atoms. The first-order valence-corrected chi connectivity index (χ1v) is 4.19. The molecule has 2 N–H and O–H groups in total. The Balaban J connectivity index is 2.13. The number of amides is 1. The molecule has 5 nitrogen and oxygen atoms in total. The van der Waals surface area contributed by atoms with Gasteiger partial charge in [0, 0.05) is 25.6 Å². The Bertz CT molecular complexity index is 429. The van der Waals surface area contributed by atoms with Crippen LogP contribution in [0.5, 0.6) is 0 Å². The molecule has 0 spiro atoms. The number of hydrogen-bond acceptors (Lipinski definition) is 2. The number of nitrogens with one attached hydrogen (secondary N) is 2. The fraction of sp³-hybridized carbons (Fsp3) is 0.111. The lowest BCUT2D eigenvalue weighted by molar-refractivity contribution is 0.102. The Morgan fingerprint density at radius 2 is 2.50 bits per heavy atom. The summed E-state index contributed by atoms with van der Waals surface area (Å²) in [6.45, 7) is 0. The van der Waals surface area contributed by atoms with Gasteiger partial charge in [0.2, 0.25) is 5.95 Å². The number of rotatable bonds is 2. The van der Waals surface area contributed by atoms with E-state index in [1.807, 2.05) is 7.05 Å². The molecule has 0 aliphatic carbocycles. The number of hydrogen-bond donors (Lipinski definition) is 2. The zero-order valence-corrected chi connectivity index (χ0v) is 7.69. The smallest absolute Gasteiger partial charge is 0.274 e. The van der Waals surface area contributed by atoms with Gasteiger partial charge in [-0.1, -0.05) is 0 Å². The molecule has 0 unspecified atom stereocenters. The zero-order valence-electron chi connectivity index (χ0n) is 7.69. The normalized spacial score (nSPS) is 10.1. The first kappa shape index (κ1) is 8.55. The number of imidazole rings is 1. The molecule has 2 aromatic heterocycles. The van der Waals surface area contributed by atoms with E-state index >= 15 is 0 Å². The highest BCUT2D eigenvalue weighted by molar-refractivity contribution is 6.01. The molecule has 0 atom stereocenters. The van der Waals surface area contributed by atoms with Crippen molar-refractivity contribution in [1.82, 2.24) is 14.5 Å². The van der Waals surface area contributed by atoms with Crippen LogP contribution in [-0.4, -0.2) is 20.4 Å². The molecule has 0 saturated heterocycles. The highest BCUT2D eigenvalue weighted by atomic mass is 16.2. The van der Waals surface area contributed by atoms with Crippen molar-refractivity contribution in [3.05, 3.63) is 36.4 Å². The molecule has 0 fully saturated rings. The molecule has 5 heteroatoms. The van der Waals surface area contributed by atoms with E-state index in [2.05, 4.69) is 15.3 Å². The van der Waals surface area contributed by atoms with Crippen molar-refractivity contribution in [3.63, 3.8) is 0 Å². The van der Waals surface area contributed by atoms with Gasteiger partial charge in [-0.2, -0.15) is 0 Å². The molecule has 0 aliphatic rings. The fourth-order valence-electron chi connectivity index (χ4n) is 1.13. The lowest BCUT2D eigenvalue weighted by Crippen LogP contribution is -2.15. The largest absolute Gasteiger partial charge is 0.357 e. The van der Waals surface area contributed by atoms with Crippen molar-refractivity contribution in [2.75, 3.05) is 5.32 Å². The lowest BCUT2D eigenvalue weighted by atomic mass is 10.4. The molecule has 0 radical (unpaired) electrons. The van der Waals surface area contributed by atoms with Crippen LogP contribution in [0.2, 0.25) is 0 Å². The second-order valence-electron chi connectivity index (χ2n) is 2.90. The van der Waals surface area contributed by atoms with Crippen molar-refractivity contribution in [1.29, 1.82) is 0 Å². The maximum absolute atomic E-state index is 11.5. The third-order valence-corrected chi connectivity index (χ3v) is 1.89. The highest BCUT2D eigenvalue weighted by Gasteiger charge is 2.08. The van der Waals surface area contributed by atoms with Crippen molar-refractivity contribution in [3.8, 4) is 0 Å². The summed E-state index contributed by atoms with van der Waals surface area (Å²) in [6, 6.07) is 3.48. The average Bonchev–Trinajstić information content (AvgIpc) is 2.77. The van der Waals surface area contributed by atoms with Gasteiger partial charge in [-0.25, -0.2) is 4.98 Å². The Morgan fingerprint density at radius 1 is 1.64 bits per heavy atom. The standard InChI is InChI=1S/C9H10N4O/c1-13-6-5-11-9(13)12-8(14)7-3-2-4-10-7/h2-6,10H,1H3,(H,11,12,14). The maximum atomic E-state index is 11.5. The van der Waals surface area contributed by atoms with Crippen LogP contribution in [0.25, 0.3) is 0 Å². The van der Waals surface area contributed by atoms with Crippen LogP contribution in [-0.2, 0) is 7.05 Å². The lowest BCUT2D eigenvalue weighted by Gasteiger charge is -2.02. The Hall–Kier alpha value is -2.04. The Morgan fingerprint density at radius 3 is 3.07 bits per heavy atom. The molecule has 0 bridgehead atoms.